The first kappa shape index (κ1) is 13.9. The topological polar surface area (TPSA) is 29.5 Å². The van der Waals surface area contributed by atoms with Crippen LogP contribution in [0.2, 0.25) is 0 Å². The van der Waals surface area contributed by atoms with Crippen LogP contribution in [0.25, 0.3) is 0 Å². The van der Waals surface area contributed by atoms with E-state index in [2.05, 4.69) is 41.5 Å². The lowest BCUT2D eigenvalue weighted by molar-refractivity contribution is -0.0749. The highest BCUT2D eigenvalue weighted by molar-refractivity contribution is 4.80. The average molecular weight is 202 g/mol. The smallest absolute Gasteiger partial charge is 0.0705 e. The van der Waals surface area contributed by atoms with Gasteiger partial charge in [-0.25, -0.2) is 0 Å². The Hall–Kier alpha value is -0.0800. The predicted molar refractivity (Wildman–Crippen MR) is 60.4 cm³/mol. The molecule has 86 valence electrons. The van der Waals surface area contributed by atoms with Gasteiger partial charge in [-0.15, -0.1) is 0 Å². The van der Waals surface area contributed by atoms with Crippen LogP contribution in [0.1, 0.15) is 48.0 Å². The maximum absolute atomic E-state index is 8.72. The molecule has 0 aromatic rings. The summed E-state index contributed by atoms with van der Waals surface area (Å²) in [6.07, 6.45) is 1.13. The largest absolute Gasteiger partial charge is 0.394 e. The van der Waals surface area contributed by atoms with E-state index >= 15 is 0 Å². The monoisotopic (exact) mass is 202 g/mol. The van der Waals surface area contributed by atoms with E-state index in [0.29, 0.717) is 17.9 Å². The van der Waals surface area contributed by atoms with Gasteiger partial charge in [-0.05, 0) is 31.6 Å². The number of ether oxygens (including phenoxy) is 1. The van der Waals surface area contributed by atoms with Gasteiger partial charge in [-0.2, -0.15) is 0 Å². The maximum Gasteiger partial charge on any atom is 0.0705 e. The third-order valence-corrected chi connectivity index (χ3v) is 2.67. The Balaban J connectivity index is 4.13. The summed E-state index contributed by atoms with van der Waals surface area (Å²) in [5.41, 5.74) is 0.190. The Kier molecular flexibility index (Phi) is 5.10. The highest BCUT2D eigenvalue weighted by Crippen LogP contribution is 2.32. The number of hydrogen-bond acceptors (Lipinski definition) is 2. The highest BCUT2D eigenvalue weighted by Gasteiger charge is 2.29. The van der Waals surface area contributed by atoms with Gasteiger partial charge in [0.05, 0.1) is 18.8 Å². The molecule has 0 aliphatic rings. The molecule has 0 heterocycles. The van der Waals surface area contributed by atoms with Crippen molar-refractivity contribution in [2.45, 2.75) is 53.6 Å². The number of aliphatic hydroxyl groups is 1. The van der Waals surface area contributed by atoms with E-state index in [1.54, 1.807) is 0 Å². The van der Waals surface area contributed by atoms with Gasteiger partial charge in [0.25, 0.3) is 0 Å². The van der Waals surface area contributed by atoms with E-state index in [4.69, 9.17) is 9.84 Å². The van der Waals surface area contributed by atoms with Gasteiger partial charge in [-0.1, -0.05) is 27.7 Å². The first-order valence-electron chi connectivity index (χ1n) is 5.44. The van der Waals surface area contributed by atoms with Crippen molar-refractivity contribution in [2.75, 3.05) is 13.2 Å². The molecule has 2 nitrogen and oxygen atoms in total. The molecule has 0 saturated heterocycles. The standard InChI is InChI=1S/C12H26O2/c1-10(9-11(2,3)4)12(5,6)14-8-7-13/h10,13H,7-9H2,1-6H3. The van der Waals surface area contributed by atoms with Crippen LogP contribution >= 0.6 is 0 Å². The lowest BCUT2D eigenvalue weighted by Crippen LogP contribution is -2.36. The van der Waals surface area contributed by atoms with E-state index in [1.807, 2.05) is 0 Å². The minimum Gasteiger partial charge on any atom is -0.394 e. The van der Waals surface area contributed by atoms with Crippen molar-refractivity contribution in [2.24, 2.45) is 11.3 Å². The highest BCUT2D eigenvalue weighted by atomic mass is 16.5. The Morgan fingerprint density at radius 3 is 2.00 bits per heavy atom. The molecule has 0 aromatic carbocycles. The zero-order valence-electron chi connectivity index (χ0n) is 10.6. The summed E-state index contributed by atoms with van der Waals surface area (Å²) >= 11 is 0. The van der Waals surface area contributed by atoms with Crippen LogP contribution in [-0.2, 0) is 4.74 Å². The summed E-state index contributed by atoms with van der Waals surface area (Å²) in [5, 5.41) is 8.72. The van der Waals surface area contributed by atoms with Gasteiger partial charge in [0.15, 0.2) is 0 Å². The second-order valence-corrected chi connectivity index (χ2v) is 5.84. The maximum atomic E-state index is 8.72. The molecule has 1 unspecified atom stereocenters. The molecule has 0 spiro atoms. The lowest BCUT2D eigenvalue weighted by atomic mass is 9.78. The molecule has 0 aliphatic heterocycles. The van der Waals surface area contributed by atoms with E-state index in [0.717, 1.165) is 6.42 Å². The molecule has 0 aromatic heterocycles. The van der Waals surface area contributed by atoms with Crippen molar-refractivity contribution >= 4 is 0 Å². The van der Waals surface area contributed by atoms with Crippen molar-refractivity contribution in [3.63, 3.8) is 0 Å². The summed E-state index contributed by atoms with van der Waals surface area (Å²) in [5.74, 6) is 0.494. The molecule has 1 atom stereocenters. The van der Waals surface area contributed by atoms with Crippen molar-refractivity contribution < 1.29 is 9.84 Å². The van der Waals surface area contributed by atoms with Crippen LogP contribution in [0.15, 0.2) is 0 Å². The van der Waals surface area contributed by atoms with Crippen molar-refractivity contribution in [1.29, 1.82) is 0 Å². The fourth-order valence-corrected chi connectivity index (χ4v) is 1.62. The molecule has 0 amide bonds. The Morgan fingerprint density at radius 2 is 1.64 bits per heavy atom. The Labute approximate surface area is 88.7 Å². The number of rotatable bonds is 5. The average Bonchev–Trinajstić information content (AvgIpc) is 1.97. The van der Waals surface area contributed by atoms with Crippen LogP contribution < -0.4 is 0 Å². The number of aliphatic hydroxyl groups excluding tert-OH is 1. The fraction of sp³-hybridized carbons (Fsp3) is 1.00. The summed E-state index contributed by atoms with van der Waals surface area (Å²) in [6, 6.07) is 0. The summed E-state index contributed by atoms with van der Waals surface area (Å²) in [6.45, 7) is 13.7. The zero-order valence-corrected chi connectivity index (χ0v) is 10.6. The normalized spacial score (nSPS) is 15.6. The summed E-state index contributed by atoms with van der Waals surface area (Å²) in [4.78, 5) is 0. The van der Waals surface area contributed by atoms with Crippen LogP contribution in [0, 0.1) is 11.3 Å². The van der Waals surface area contributed by atoms with E-state index in [-0.39, 0.29) is 12.2 Å². The molecule has 1 N–H and O–H groups in total. The molecular formula is C12H26O2. The first-order chi connectivity index (χ1) is 6.19. The van der Waals surface area contributed by atoms with Gasteiger partial charge in [0, 0.05) is 0 Å². The van der Waals surface area contributed by atoms with Crippen molar-refractivity contribution in [3.05, 3.63) is 0 Å². The second kappa shape index (κ2) is 5.13. The van der Waals surface area contributed by atoms with Crippen LogP contribution in [-0.4, -0.2) is 23.9 Å². The molecule has 0 saturated carbocycles. The van der Waals surface area contributed by atoms with Gasteiger partial charge < -0.3 is 9.84 Å². The van der Waals surface area contributed by atoms with Gasteiger partial charge in [0.1, 0.15) is 0 Å². The fourth-order valence-electron chi connectivity index (χ4n) is 1.62. The molecular weight excluding hydrogens is 176 g/mol. The number of hydrogen-bond donors (Lipinski definition) is 1. The quantitative estimate of drug-likeness (QED) is 0.743. The Bertz CT molecular complexity index is 156. The molecule has 0 rings (SSSR count). The first-order valence-corrected chi connectivity index (χ1v) is 5.44. The molecule has 0 fully saturated rings. The second-order valence-electron chi connectivity index (χ2n) is 5.84. The van der Waals surface area contributed by atoms with Gasteiger partial charge >= 0.3 is 0 Å². The molecule has 14 heavy (non-hydrogen) atoms. The third kappa shape index (κ3) is 5.61. The SMILES string of the molecule is CC(CC(C)(C)C)C(C)(C)OCCO. The van der Waals surface area contributed by atoms with Crippen LogP contribution in [0.5, 0.6) is 0 Å². The van der Waals surface area contributed by atoms with Crippen LogP contribution in [0.3, 0.4) is 0 Å². The van der Waals surface area contributed by atoms with E-state index in [9.17, 15) is 0 Å². The molecule has 0 aliphatic carbocycles. The van der Waals surface area contributed by atoms with E-state index in [1.165, 1.54) is 0 Å². The minimum atomic E-state index is -0.143. The minimum absolute atomic E-state index is 0.103. The van der Waals surface area contributed by atoms with E-state index < -0.39 is 0 Å². The van der Waals surface area contributed by atoms with Crippen molar-refractivity contribution in [1.82, 2.24) is 0 Å². The zero-order chi connectivity index (χ0) is 11.4. The van der Waals surface area contributed by atoms with Gasteiger partial charge in [-0.3, -0.25) is 0 Å². The Morgan fingerprint density at radius 1 is 1.14 bits per heavy atom. The summed E-state index contributed by atoms with van der Waals surface area (Å²) < 4.78 is 5.64. The molecule has 2 heteroatoms. The predicted octanol–water partition coefficient (Wildman–Crippen LogP) is 2.85. The van der Waals surface area contributed by atoms with Gasteiger partial charge in [0.2, 0.25) is 0 Å². The van der Waals surface area contributed by atoms with Crippen LogP contribution in [0.4, 0.5) is 0 Å². The molecule has 0 radical (unpaired) electrons. The van der Waals surface area contributed by atoms with Crippen molar-refractivity contribution in [3.8, 4) is 0 Å². The lowest BCUT2D eigenvalue weighted by Gasteiger charge is -2.35. The summed E-state index contributed by atoms with van der Waals surface area (Å²) in [7, 11) is 0. The third-order valence-electron chi connectivity index (χ3n) is 2.67. The molecule has 0 bridgehead atoms.